The summed E-state index contributed by atoms with van der Waals surface area (Å²) in [6.07, 6.45) is 16.7. The second-order valence-corrected chi connectivity index (χ2v) is 13.6. The molecule has 0 aliphatic heterocycles. The van der Waals surface area contributed by atoms with Crippen molar-refractivity contribution < 1.29 is 0 Å². The molecular formula is C32H66. The molecule has 5 atom stereocenters. The first kappa shape index (κ1) is 32.0. The standard InChI is InChI=1S/C32H66/c1-13-16-26(6)19-20-27(7)32(11,12)28(8)24-30(18-15-3)31(9,10)22-21-29(17-14-2)23-25(4)5/h25-30H,13-24H2,1-12H3. The fourth-order valence-corrected chi connectivity index (χ4v) is 6.17. The van der Waals surface area contributed by atoms with E-state index in [0.29, 0.717) is 10.8 Å². The molecule has 0 nitrogen and oxygen atoms in total. The Balaban J connectivity index is 5.11. The lowest BCUT2D eigenvalue weighted by molar-refractivity contribution is 0.0647. The monoisotopic (exact) mass is 451 g/mol. The van der Waals surface area contributed by atoms with Crippen molar-refractivity contribution in [1.82, 2.24) is 0 Å². The fourth-order valence-electron chi connectivity index (χ4n) is 6.17. The van der Waals surface area contributed by atoms with Gasteiger partial charge in [0.05, 0.1) is 0 Å². The molecule has 32 heavy (non-hydrogen) atoms. The van der Waals surface area contributed by atoms with Gasteiger partial charge in [-0.1, -0.05) is 128 Å². The van der Waals surface area contributed by atoms with Gasteiger partial charge in [-0.3, -0.25) is 0 Å². The zero-order valence-corrected chi connectivity index (χ0v) is 24.9. The van der Waals surface area contributed by atoms with Crippen LogP contribution in [-0.2, 0) is 0 Å². The fraction of sp³-hybridized carbons (Fsp3) is 1.00. The van der Waals surface area contributed by atoms with E-state index < -0.39 is 0 Å². The van der Waals surface area contributed by atoms with Crippen molar-refractivity contribution in [3.8, 4) is 0 Å². The maximum atomic E-state index is 2.60. The Morgan fingerprint density at radius 1 is 0.562 bits per heavy atom. The molecule has 0 aliphatic carbocycles. The zero-order valence-electron chi connectivity index (χ0n) is 24.9. The van der Waals surface area contributed by atoms with Gasteiger partial charge in [-0.2, -0.15) is 0 Å². The summed E-state index contributed by atoms with van der Waals surface area (Å²) < 4.78 is 0. The van der Waals surface area contributed by atoms with Crippen molar-refractivity contribution in [2.75, 3.05) is 0 Å². The number of hydrogen-bond donors (Lipinski definition) is 0. The van der Waals surface area contributed by atoms with Crippen LogP contribution >= 0.6 is 0 Å². The zero-order chi connectivity index (χ0) is 24.9. The summed E-state index contributed by atoms with van der Waals surface area (Å²) in [6, 6.07) is 0. The second-order valence-electron chi connectivity index (χ2n) is 13.6. The van der Waals surface area contributed by atoms with Crippen molar-refractivity contribution in [3.05, 3.63) is 0 Å². The topological polar surface area (TPSA) is 0 Å². The Morgan fingerprint density at radius 3 is 1.62 bits per heavy atom. The van der Waals surface area contributed by atoms with E-state index in [2.05, 4.69) is 83.1 Å². The van der Waals surface area contributed by atoms with Crippen LogP contribution in [0, 0.1) is 46.3 Å². The molecule has 0 heterocycles. The van der Waals surface area contributed by atoms with Crippen LogP contribution in [0.2, 0.25) is 0 Å². The Kier molecular flexibility index (Phi) is 15.8. The van der Waals surface area contributed by atoms with E-state index in [1.54, 1.807) is 0 Å². The highest BCUT2D eigenvalue weighted by Crippen LogP contribution is 2.47. The van der Waals surface area contributed by atoms with E-state index in [0.717, 1.165) is 35.5 Å². The molecule has 0 aromatic carbocycles. The molecule has 0 aromatic rings. The van der Waals surface area contributed by atoms with Crippen molar-refractivity contribution in [2.45, 2.75) is 160 Å². The average Bonchev–Trinajstić information content (AvgIpc) is 2.69. The van der Waals surface area contributed by atoms with E-state index in [-0.39, 0.29) is 0 Å². The van der Waals surface area contributed by atoms with Gasteiger partial charge in [-0.25, -0.2) is 0 Å². The first-order valence-corrected chi connectivity index (χ1v) is 14.8. The van der Waals surface area contributed by atoms with Crippen molar-refractivity contribution in [2.24, 2.45) is 46.3 Å². The van der Waals surface area contributed by atoms with Crippen molar-refractivity contribution in [1.29, 1.82) is 0 Å². The van der Waals surface area contributed by atoms with E-state index in [1.807, 2.05) is 0 Å². The maximum Gasteiger partial charge on any atom is -0.0303 e. The lowest BCUT2D eigenvalue weighted by atomic mass is 9.62. The quantitative estimate of drug-likeness (QED) is 0.183. The third-order valence-electron chi connectivity index (χ3n) is 9.49. The molecule has 0 spiro atoms. The highest BCUT2D eigenvalue weighted by molar-refractivity contribution is 4.87. The summed E-state index contributed by atoms with van der Waals surface area (Å²) in [4.78, 5) is 0. The van der Waals surface area contributed by atoms with Gasteiger partial charge in [0.25, 0.3) is 0 Å². The molecule has 0 saturated heterocycles. The molecule has 0 bridgehead atoms. The normalized spacial score (nSPS) is 17.9. The van der Waals surface area contributed by atoms with Crippen molar-refractivity contribution >= 4 is 0 Å². The molecular weight excluding hydrogens is 384 g/mol. The third-order valence-corrected chi connectivity index (χ3v) is 9.49. The van der Waals surface area contributed by atoms with Gasteiger partial charge in [0.15, 0.2) is 0 Å². The molecule has 0 N–H and O–H groups in total. The smallest absolute Gasteiger partial charge is 0.0303 e. The number of hydrogen-bond acceptors (Lipinski definition) is 0. The van der Waals surface area contributed by atoms with Gasteiger partial charge in [0, 0.05) is 0 Å². The summed E-state index contributed by atoms with van der Waals surface area (Å²) in [5.74, 6) is 5.11. The Bertz CT molecular complexity index is 443. The molecule has 5 unspecified atom stereocenters. The van der Waals surface area contributed by atoms with Crippen LogP contribution < -0.4 is 0 Å². The van der Waals surface area contributed by atoms with E-state index >= 15 is 0 Å². The lowest BCUT2D eigenvalue weighted by Gasteiger charge is -2.43. The first-order valence-electron chi connectivity index (χ1n) is 14.8. The van der Waals surface area contributed by atoms with Gasteiger partial charge < -0.3 is 0 Å². The van der Waals surface area contributed by atoms with Gasteiger partial charge in [0.2, 0.25) is 0 Å². The van der Waals surface area contributed by atoms with Crippen LogP contribution in [0.5, 0.6) is 0 Å². The highest BCUT2D eigenvalue weighted by atomic mass is 14.4. The van der Waals surface area contributed by atoms with Crippen LogP contribution in [-0.4, -0.2) is 0 Å². The minimum atomic E-state index is 0.427. The van der Waals surface area contributed by atoms with Crippen LogP contribution in [0.15, 0.2) is 0 Å². The molecule has 0 saturated carbocycles. The average molecular weight is 451 g/mol. The molecule has 0 amide bonds. The third kappa shape index (κ3) is 11.9. The Hall–Kier alpha value is 0. The summed E-state index contributed by atoms with van der Waals surface area (Å²) in [5, 5.41) is 0. The largest absolute Gasteiger partial charge is 0.0654 e. The van der Waals surface area contributed by atoms with Gasteiger partial charge in [-0.05, 0) is 78.4 Å². The Labute approximate surface area is 206 Å². The summed E-state index contributed by atoms with van der Waals surface area (Å²) in [5.41, 5.74) is 0.887. The van der Waals surface area contributed by atoms with Gasteiger partial charge in [-0.15, -0.1) is 0 Å². The summed E-state index contributed by atoms with van der Waals surface area (Å²) in [7, 11) is 0. The van der Waals surface area contributed by atoms with Crippen molar-refractivity contribution in [3.63, 3.8) is 0 Å². The molecule has 194 valence electrons. The van der Waals surface area contributed by atoms with Gasteiger partial charge >= 0.3 is 0 Å². The maximum absolute atomic E-state index is 2.60. The van der Waals surface area contributed by atoms with E-state index in [4.69, 9.17) is 0 Å². The summed E-state index contributed by atoms with van der Waals surface area (Å²) in [6.45, 7) is 29.8. The molecule has 0 radical (unpaired) electrons. The van der Waals surface area contributed by atoms with Crippen LogP contribution in [0.1, 0.15) is 160 Å². The molecule has 0 rings (SSSR count). The van der Waals surface area contributed by atoms with Crippen LogP contribution in [0.3, 0.4) is 0 Å². The van der Waals surface area contributed by atoms with Gasteiger partial charge in [0.1, 0.15) is 0 Å². The minimum absolute atomic E-state index is 0.427. The molecule has 0 aliphatic rings. The van der Waals surface area contributed by atoms with E-state index in [9.17, 15) is 0 Å². The minimum Gasteiger partial charge on any atom is -0.0654 e. The molecule has 0 fully saturated rings. The number of rotatable bonds is 19. The molecule has 0 heteroatoms. The SMILES string of the molecule is CCCC(C)CCC(C)C(C)(C)C(C)CC(CCC)C(C)(C)CCC(CCC)CC(C)C. The predicted octanol–water partition coefficient (Wildman–Crippen LogP) is 11.6. The predicted molar refractivity (Wildman–Crippen MR) is 149 cm³/mol. The molecule has 0 aromatic heterocycles. The lowest BCUT2D eigenvalue weighted by Crippen LogP contribution is -2.34. The van der Waals surface area contributed by atoms with Crippen LogP contribution in [0.4, 0.5) is 0 Å². The summed E-state index contributed by atoms with van der Waals surface area (Å²) >= 11 is 0. The van der Waals surface area contributed by atoms with E-state index in [1.165, 1.54) is 77.0 Å². The second kappa shape index (κ2) is 15.8. The highest BCUT2D eigenvalue weighted by Gasteiger charge is 2.37. The van der Waals surface area contributed by atoms with Crippen LogP contribution in [0.25, 0.3) is 0 Å². The Morgan fingerprint density at radius 2 is 1.12 bits per heavy atom. The first-order chi connectivity index (χ1) is 14.8.